The summed E-state index contributed by atoms with van der Waals surface area (Å²) in [7, 11) is -1.04. The molecule has 152 valence electrons. The summed E-state index contributed by atoms with van der Waals surface area (Å²) in [5.41, 5.74) is 0.786. The molecule has 0 unspecified atom stereocenters. The number of rotatable bonds is 5. The standard InChI is InChI=1S/C26H27O3Si/c1-26(2,3)30(23-11-7-5-8-12-23,24-13-9-6-10-14-24)29-21-16-15-20-17-22(19-27-4)28-25(20)18-21/h5-19H,1-4H3/q+1. The van der Waals surface area contributed by atoms with E-state index < -0.39 is 8.32 Å². The average molecular weight is 416 g/mol. The number of fused-ring (bicyclic) bond motifs is 1. The van der Waals surface area contributed by atoms with Gasteiger partial charge in [0, 0.05) is 17.5 Å². The van der Waals surface area contributed by atoms with Crippen LogP contribution >= 0.6 is 0 Å². The molecule has 1 aromatic heterocycles. The van der Waals surface area contributed by atoms with Crippen LogP contribution in [0.2, 0.25) is 5.04 Å². The van der Waals surface area contributed by atoms with E-state index >= 15 is 0 Å². The van der Waals surface area contributed by atoms with Gasteiger partial charge in [-0.3, -0.25) is 4.42 Å². The minimum Gasteiger partial charge on any atom is -0.534 e. The molecule has 4 heteroatoms. The SMILES string of the molecule is C[O+]=Cc1cc2ccc(O[Si](c3ccccc3)(c3ccccc3)C(C)(C)C)cc2o1. The summed E-state index contributed by atoms with van der Waals surface area (Å²) in [4.78, 5) is 0. The zero-order valence-corrected chi connectivity index (χ0v) is 18.9. The lowest BCUT2D eigenvalue weighted by molar-refractivity contribution is -0.217. The van der Waals surface area contributed by atoms with Crippen molar-refractivity contribution in [1.29, 1.82) is 0 Å². The van der Waals surface area contributed by atoms with E-state index in [2.05, 4.69) is 81.4 Å². The summed E-state index contributed by atoms with van der Waals surface area (Å²) in [6.07, 6.45) is 1.60. The monoisotopic (exact) mass is 415 g/mol. The van der Waals surface area contributed by atoms with Crippen LogP contribution < -0.4 is 14.8 Å². The first-order valence-corrected chi connectivity index (χ1v) is 12.0. The molecule has 4 rings (SSSR count). The fraction of sp³-hybridized carbons (Fsp3) is 0.192. The van der Waals surface area contributed by atoms with Crippen molar-refractivity contribution in [3.8, 4) is 5.75 Å². The smallest absolute Gasteiger partial charge is 0.350 e. The molecule has 0 saturated carbocycles. The number of hydrogen-bond acceptors (Lipinski definition) is 2. The highest BCUT2D eigenvalue weighted by Crippen LogP contribution is 2.38. The van der Waals surface area contributed by atoms with Crippen molar-refractivity contribution in [2.24, 2.45) is 0 Å². The lowest BCUT2D eigenvalue weighted by Crippen LogP contribution is -2.68. The molecule has 0 spiro atoms. The molecule has 4 aromatic rings. The highest BCUT2D eigenvalue weighted by molar-refractivity contribution is 7.00. The van der Waals surface area contributed by atoms with Crippen LogP contribution in [-0.4, -0.2) is 21.7 Å². The second kappa shape index (κ2) is 7.96. The maximum Gasteiger partial charge on any atom is 0.350 e. The molecule has 30 heavy (non-hydrogen) atoms. The molecule has 0 amide bonds. The molecule has 0 radical (unpaired) electrons. The molecular formula is C26H27O3Si+. The molecule has 1 heterocycles. The molecule has 0 aliphatic carbocycles. The number of hydrogen-bond donors (Lipinski definition) is 0. The first-order valence-electron chi connectivity index (χ1n) is 10.1. The molecule has 0 aliphatic rings. The highest BCUT2D eigenvalue weighted by atomic mass is 28.4. The Balaban J connectivity index is 1.89. The Bertz CT molecular complexity index is 1120. The topological polar surface area (TPSA) is 33.7 Å². The second-order valence-corrected chi connectivity index (χ2v) is 12.7. The predicted octanol–water partition coefficient (Wildman–Crippen LogP) is 5.35. The van der Waals surface area contributed by atoms with Crippen molar-refractivity contribution in [3.05, 3.63) is 90.7 Å². The van der Waals surface area contributed by atoms with Crippen LogP contribution in [0.15, 0.2) is 89.3 Å². The Morgan fingerprint density at radius 3 is 1.97 bits per heavy atom. The molecule has 0 fully saturated rings. The van der Waals surface area contributed by atoms with Gasteiger partial charge in [-0.25, -0.2) is 0 Å². The molecule has 0 saturated heterocycles. The van der Waals surface area contributed by atoms with Crippen LogP contribution in [0.1, 0.15) is 31.0 Å². The van der Waals surface area contributed by atoms with E-state index in [9.17, 15) is 0 Å². The Morgan fingerprint density at radius 1 is 0.833 bits per heavy atom. The highest BCUT2D eigenvalue weighted by Gasteiger charge is 2.52. The summed E-state index contributed by atoms with van der Waals surface area (Å²) in [6.45, 7) is 6.82. The van der Waals surface area contributed by atoms with Gasteiger partial charge in [-0.2, -0.15) is 0 Å². The van der Waals surface area contributed by atoms with Crippen molar-refractivity contribution < 1.29 is 13.3 Å². The van der Waals surface area contributed by atoms with Gasteiger partial charge in [-0.15, -0.1) is 0 Å². The third-order valence-corrected chi connectivity index (χ3v) is 10.4. The van der Waals surface area contributed by atoms with E-state index in [0.717, 1.165) is 16.7 Å². The number of carbonyl (C=O) groups excluding carboxylic acids is 1. The first-order chi connectivity index (χ1) is 14.4. The molecule has 0 bridgehead atoms. The fourth-order valence-electron chi connectivity index (χ4n) is 4.10. The van der Waals surface area contributed by atoms with Gasteiger partial charge in [0.05, 0.1) is 0 Å². The van der Waals surface area contributed by atoms with Gasteiger partial charge in [0.15, 0.2) is 0 Å². The van der Waals surface area contributed by atoms with E-state index in [1.807, 2.05) is 24.3 Å². The predicted molar refractivity (Wildman–Crippen MR) is 126 cm³/mol. The van der Waals surface area contributed by atoms with Crippen LogP contribution in [0.4, 0.5) is 0 Å². The van der Waals surface area contributed by atoms with E-state index in [0.29, 0.717) is 5.76 Å². The van der Waals surface area contributed by atoms with E-state index in [-0.39, 0.29) is 5.04 Å². The quantitative estimate of drug-likeness (QED) is 0.250. The first kappa shape index (κ1) is 20.2. The van der Waals surface area contributed by atoms with Crippen LogP contribution in [-0.2, 0) is 0 Å². The number of furan rings is 1. The van der Waals surface area contributed by atoms with Crippen molar-refractivity contribution >= 4 is 35.9 Å². The summed E-state index contributed by atoms with van der Waals surface area (Å²) >= 11 is 0. The minimum atomic E-state index is -2.66. The Kier molecular flexibility index (Phi) is 5.35. The van der Waals surface area contributed by atoms with Gasteiger partial charge in [-0.1, -0.05) is 81.4 Å². The van der Waals surface area contributed by atoms with E-state index in [4.69, 9.17) is 13.3 Å². The van der Waals surface area contributed by atoms with Crippen molar-refractivity contribution in [3.63, 3.8) is 0 Å². The lowest BCUT2D eigenvalue weighted by Gasteiger charge is -2.42. The van der Waals surface area contributed by atoms with E-state index in [1.54, 1.807) is 13.4 Å². The lowest BCUT2D eigenvalue weighted by atomic mass is 10.2. The molecular weight excluding hydrogens is 388 g/mol. The molecule has 3 nitrogen and oxygen atoms in total. The van der Waals surface area contributed by atoms with Crippen LogP contribution in [0.3, 0.4) is 0 Å². The third kappa shape index (κ3) is 3.59. The maximum atomic E-state index is 7.05. The second-order valence-electron chi connectivity index (χ2n) is 8.47. The zero-order valence-electron chi connectivity index (χ0n) is 17.9. The Labute approximate surface area is 178 Å². The van der Waals surface area contributed by atoms with Gasteiger partial charge < -0.3 is 8.84 Å². The summed E-state index contributed by atoms with van der Waals surface area (Å²) in [6, 6.07) is 29.3. The molecule has 0 aliphatic heterocycles. The van der Waals surface area contributed by atoms with Gasteiger partial charge >= 0.3 is 14.6 Å². The summed E-state index contributed by atoms with van der Waals surface area (Å²) < 4.78 is 18.1. The van der Waals surface area contributed by atoms with Gasteiger partial charge in [0.1, 0.15) is 11.3 Å². The Hall–Kier alpha value is -3.11. The Morgan fingerprint density at radius 2 is 1.43 bits per heavy atom. The number of benzene rings is 3. The van der Waals surface area contributed by atoms with Crippen molar-refractivity contribution in [2.75, 3.05) is 7.11 Å². The van der Waals surface area contributed by atoms with Gasteiger partial charge in [0.2, 0.25) is 5.76 Å². The van der Waals surface area contributed by atoms with Crippen LogP contribution in [0.25, 0.3) is 11.0 Å². The molecule has 0 N–H and O–H groups in total. The average Bonchev–Trinajstić information content (AvgIpc) is 3.14. The van der Waals surface area contributed by atoms with Crippen LogP contribution in [0, 0.1) is 0 Å². The van der Waals surface area contributed by atoms with Crippen molar-refractivity contribution in [1.82, 2.24) is 0 Å². The third-order valence-electron chi connectivity index (χ3n) is 5.43. The zero-order chi connectivity index (χ0) is 21.2. The normalized spacial score (nSPS) is 12.5. The minimum absolute atomic E-state index is 0.0944. The van der Waals surface area contributed by atoms with Gasteiger partial charge in [-0.05, 0) is 27.5 Å². The summed E-state index contributed by atoms with van der Waals surface area (Å²) in [5, 5.41) is 3.42. The maximum absolute atomic E-state index is 7.05. The molecule has 0 atom stereocenters. The number of aldehydes is 1. The summed E-state index contributed by atoms with van der Waals surface area (Å²) in [5.74, 6) is 1.50. The van der Waals surface area contributed by atoms with Crippen molar-refractivity contribution in [2.45, 2.75) is 25.8 Å². The fourth-order valence-corrected chi connectivity index (χ4v) is 8.51. The van der Waals surface area contributed by atoms with Crippen LogP contribution in [0.5, 0.6) is 5.75 Å². The van der Waals surface area contributed by atoms with Gasteiger partial charge in [0.25, 0.3) is 7.11 Å². The van der Waals surface area contributed by atoms with E-state index in [1.165, 1.54) is 10.4 Å². The largest absolute Gasteiger partial charge is 0.534 e. The molecule has 3 aromatic carbocycles.